The van der Waals surface area contributed by atoms with Gasteiger partial charge in [0.2, 0.25) is 0 Å². The third kappa shape index (κ3) is 3.86. The highest BCUT2D eigenvalue weighted by molar-refractivity contribution is 5.82. The molecule has 1 aliphatic heterocycles. The van der Waals surface area contributed by atoms with Gasteiger partial charge < -0.3 is 25.5 Å². The normalized spacial score (nSPS) is 20.8. The van der Waals surface area contributed by atoms with Gasteiger partial charge in [-0.2, -0.15) is 0 Å². The molecule has 1 heterocycles. The van der Waals surface area contributed by atoms with Crippen molar-refractivity contribution in [3.05, 3.63) is 0 Å². The van der Waals surface area contributed by atoms with Crippen LogP contribution < -0.4 is 5.32 Å². The number of aliphatic hydroxyl groups is 2. The van der Waals surface area contributed by atoms with Gasteiger partial charge in [-0.3, -0.25) is 0 Å². The predicted molar refractivity (Wildman–Crippen MR) is 58.5 cm³/mol. The zero-order chi connectivity index (χ0) is 13.1. The molecule has 4 N–H and O–H groups in total. The van der Waals surface area contributed by atoms with E-state index in [-0.39, 0.29) is 0 Å². The van der Waals surface area contributed by atoms with Crippen LogP contribution in [0.1, 0.15) is 19.8 Å². The van der Waals surface area contributed by atoms with Crippen LogP contribution in [0.5, 0.6) is 0 Å². The van der Waals surface area contributed by atoms with E-state index in [1.54, 1.807) is 6.92 Å². The number of aliphatic carboxylic acids is 1. The summed E-state index contributed by atoms with van der Waals surface area (Å²) in [5, 5.41) is 29.4. The van der Waals surface area contributed by atoms with Crippen molar-refractivity contribution in [2.45, 2.75) is 31.4 Å². The van der Waals surface area contributed by atoms with Crippen molar-refractivity contribution < 1.29 is 24.9 Å². The maximum atomic E-state index is 11.6. The molecular weight excluding hydrogens is 228 g/mol. The molecule has 0 saturated carbocycles. The number of hydrogen-bond acceptors (Lipinski definition) is 4. The first kappa shape index (κ1) is 13.7. The van der Waals surface area contributed by atoms with E-state index in [9.17, 15) is 14.7 Å². The number of carboxylic acid groups (broad SMARTS) is 1. The van der Waals surface area contributed by atoms with Gasteiger partial charge >= 0.3 is 12.0 Å². The minimum atomic E-state index is -1.29. The van der Waals surface area contributed by atoms with Crippen LogP contribution in [-0.2, 0) is 4.79 Å². The lowest BCUT2D eigenvalue weighted by molar-refractivity contribution is -0.140. The fraction of sp³-hybridized carbons (Fsp3) is 0.800. The Labute approximate surface area is 99.0 Å². The first-order valence-electron chi connectivity index (χ1n) is 5.47. The number of urea groups is 1. The van der Waals surface area contributed by atoms with Crippen molar-refractivity contribution in [2.24, 2.45) is 0 Å². The second kappa shape index (κ2) is 5.33. The molecule has 1 unspecified atom stereocenters. The molecule has 1 atom stereocenters. The van der Waals surface area contributed by atoms with Crippen LogP contribution in [-0.4, -0.2) is 63.6 Å². The number of amides is 2. The van der Waals surface area contributed by atoms with Crippen molar-refractivity contribution in [1.82, 2.24) is 10.2 Å². The average Bonchev–Trinajstić information content (AvgIpc) is 2.25. The summed E-state index contributed by atoms with van der Waals surface area (Å²) in [5.41, 5.74) is -0.764. The number of piperidine rings is 1. The topological polar surface area (TPSA) is 110 Å². The second-order valence-corrected chi connectivity index (χ2v) is 4.51. The lowest BCUT2D eigenvalue weighted by Crippen LogP contribution is -2.53. The van der Waals surface area contributed by atoms with Crippen LogP contribution in [0, 0.1) is 0 Å². The Balaban J connectivity index is 2.46. The highest BCUT2D eigenvalue weighted by atomic mass is 16.4. The smallest absolute Gasteiger partial charge is 0.328 e. The van der Waals surface area contributed by atoms with E-state index in [0.29, 0.717) is 25.9 Å². The van der Waals surface area contributed by atoms with Crippen molar-refractivity contribution in [3.8, 4) is 0 Å². The number of carboxylic acids is 1. The lowest BCUT2D eigenvalue weighted by Gasteiger charge is -2.36. The molecule has 0 aromatic carbocycles. The van der Waals surface area contributed by atoms with Gasteiger partial charge in [-0.1, -0.05) is 0 Å². The van der Waals surface area contributed by atoms with Gasteiger partial charge in [0.1, 0.15) is 0 Å². The summed E-state index contributed by atoms with van der Waals surface area (Å²) in [6, 6.07) is -1.81. The van der Waals surface area contributed by atoms with Crippen molar-refractivity contribution in [2.75, 3.05) is 19.7 Å². The van der Waals surface area contributed by atoms with E-state index in [2.05, 4.69) is 5.32 Å². The van der Waals surface area contributed by atoms with Gasteiger partial charge in [0.05, 0.1) is 12.2 Å². The number of likely N-dealkylation sites (tertiary alicyclic amines) is 1. The number of aliphatic hydroxyl groups excluding tert-OH is 1. The summed E-state index contributed by atoms with van der Waals surface area (Å²) >= 11 is 0. The van der Waals surface area contributed by atoms with Crippen LogP contribution in [0.3, 0.4) is 0 Å². The molecule has 2 amide bonds. The number of hydrogen-bond donors (Lipinski definition) is 4. The Morgan fingerprint density at radius 3 is 2.35 bits per heavy atom. The lowest BCUT2D eigenvalue weighted by atomic mass is 9.94. The largest absolute Gasteiger partial charge is 0.480 e. The molecule has 1 aliphatic rings. The van der Waals surface area contributed by atoms with E-state index >= 15 is 0 Å². The first-order valence-corrected chi connectivity index (χ1v) is 5.47. The molecule has 1 rings (SSSR count). The summed E-state index contributed by atoms with van der Waals surface area (Å²) in [6.07, 6.45) is 0.911. The van der Waals surface area contributed by atoms with Crippen LogP contribution in [0.2, 0.25) is 0 Å². The fourth-order valence-corrected chi connectivity index (χ4v) is 1.62. The molecule has 98 valence electrons. The molecule has 17 heavy (non-hydrogen) atoms. The van der Waals surface area contributed by atoms with Crippen molar-refractivity contribution in [1.29, 1.82) is 0 Å². The summed E-state index contributed by atoms with van der Waals surface area (Å²) in [7, 11) is 0. The third-order valence-electron chi connectivity index (χ3n) is 2.91. The van der Waals surface area contributed by atoms with Gasteiger partial charge in [0.25, 0.3) is 0 Å². The molecule has 0 spiro atoms. The Hall–Kier alpha value is -1.34. The van der Waals surface area contributed by atoms with Crippen molar-refractivity contribution >= 4 is 12.0 Å². The van der Waals surface area contributed by atoms with Gasteiger partial charge in [0, 0.05) is 13.1 Å². The zero-order valence-corrected chi connectivity index (χ0v) is 9.72. The number of nitrogens with one attached hydrogen (secondary N) is 1. The van der Waals surface area contributed by atoms with Crippen LogP contribution in [0.4, 0.5) is 4.79 Å². The maximum absolute atomic E-state index is 11.6. The van der Waals surface area contributed by atoms with Gasteiger partial charge in [-0.15, -0.1) is 0 Å². The van der Waals surface area contributed by atoms with E-state index in [1.165, 1.54) is 4.90 Å². The minimum absolute atomic E-state index is 0.372. The second-order valence-electron chi connectivity index (χ2n) is 4.51. The SMILES string of the molecule is CC1(O)CCN(C(=O)NC(CO)C(=O)O)CC1. The van der Waals surface area contributed by atoms with Gasteiger partial charge in [-0.25, -0.2) is 9.59 Å². The third-order valence-corrected chi connectivity index (χ3v) is 2.91. The summed E-state index contributed by atoms with van der Waals surface area (Å²) in [6.45, 7) is 1.80. The van der Waals surface area contributed by atoms with Crippen LogP contribution in [0.25, 0.3) is 0 Å². The number of carbonyl (C=O) groups is 2. The number of carbonyl (C=O) groups excluding carboxylic acids is 1. The van der Waals surface area contributed by atoms with Gasteiger partial charge in [-0.05, 0) is 19.8 Å². The Morgan fingerprint density at radius 1 is 1.41 bits per heavy atom. The quantitative estimate of drug-likeness (QED) is 0.510. The van der Waals surface area contributed by atoms with Crippen LogP contribution >= 0.6 is 0 Å². The molecule has 1 fully saturated rings. The van der Waals surface area contributed by atoms with Crippen LogP contribution in [0.15, 0.2) is 0 Å². The van der Waals surface area contributed by atoms with E-state index in [0.717, 1.165) is 0 Å². The molecule has 0 aromatic heterocycles. The molecule has 0 aromatic rings. The zero-order valence-electron chi connectivity index (χ0n) is 9.72. The first-order chi connectivity index (χ1) is 7.85. The molecular formula is C10H18N2O5. The highest BCUT2D eigenvalue weighted by Gasteiger charge is 2.31. The summed E-state index contributed by atoms with van der Waals surface area (Å²) in [4.78, 5) is 23.7. The molecule has 0 bridgehead atoms. The predicted octanol–water partition coefficient (Wildman–Crippen LogP) is -1.01. The average molecular weight is 246 g/mol. The van der Waals surface area contributed by atoms with E-state index in [4.69, 9.17) is 10.2 Å². The van der Waals surface area contributed by atoms with Gasteiger partial charge in [0.15, 0.2) is 6.04 Å². The highest BCUT2D eigenvalue weighted by Crippen LogP contribution is 2.20. The Kier molecular flexibility index (Phi) is 4.30. The van der Waals surface area contributed by atoms with E-state index in [1.807, 2.05) is 0 Å². The number of nitrogens with zero attached hydrogens (tertiary/aromatic N) is 1. The molecule has 7 nitrogen and oxygen atoms in total. The molecule has 0 aliphatic carbocycles. The summed E-state index contributed by atoms with van der Waals surface area (Å²) in [5.74, 6) is -1.27. The van der Waals surface area contributed by atoms with Crippen molar-refractivity contribution in [3.63, 3.8) is 0 Å². The Bertz CT molecular complexity index is 295. The standard InChI is InChI=1S/C10H18N2O5/c1-10(17)2-4-12(5-3-10)9(16)11-7(6-13)8(14)15/h7,13,17H,2-6H2,1H3,(H,11,16)(H,14,15). The summed E-state index contributed by atoms with van der Waals surface area (Å²) < 4.78 is 0. The fourth-order valence-electron chi connectivity index (χ4n) is 1.62. The maximum Gasteiger partial charge on any atom is 0.328 e. The Morgan fingerprint density at radius 2 is 1.94 bits per heavy atom. The number of rotatable bonds is 3. The molecule has 0 radical (unpaired) electrons. The van der Waals surface area contributed by atoms with E-state index < -0.39 is 30.3 Å². The molecule has 1 saturated heterocycles. The molecule has 7 heteroatoms. The minimum Gasteiger partial charge on any atom is -0.480 e. The monoisotopic (exact) mass is 246 g/mol.